The summed E-state index contributed by atoms with van der Waals surface area (Å²) in [6.45, 7) is 4.48. The van der Waals surface area contributed by atoms with Gasteiger partial charge in [0.15, 0.2) is 0 Å². The molecule has 0 aliphatic heterocycles. The molecule has 1 atom stereocenters. The van der Waals surface area contributed by atoms with Gasteiger partial charge in [0.1, 0.15) is 4.33 Å². The molecule has 1 N–H and O–H groups in total. The molecule has 0 radical (unpaired) electrons. The highest BCUT2D eigenvalue weighted by Crippen LogP contribution is 2.63. The number of alkyl halides is 2. The molecule has 0 unspecified atom stereocenters. The molecule has 5 heteroatoms. The summed E-state index contributed by atoms with van der Waals surface area (Å²) in [4.78, 5) is 14.4. The molecule has 2 rings (SSSR count). The van der Waals surface area contributed by atoms with Gasteiger partial charge < -0.3 is 5.32 Å². The fourth-order valence-electron chi connectivity index (χ4n) is 1.72. The van der Waals surface area contributed by atoms with E-state index in [-0.39, 0.29) is 5.91 Å². The Balaban J connectivity index is 1.89. The quantitative estimate of drug-likeness (QED) is 0.845. The standard InChI is InChI=1S/C12H15Cl2NOS/c1-3-8-4-5-9(17-8)6-15-10(16)11(2)7-12(11,13)14/h4-5H,3,6-7H2,1-2H3,(H,15,16)/t11-/m0/s1. The minimum Gasteiger partial charge on any atom is -0.351 e. The Kier molecular flexibility index (Phi) is 3.45. The third-order valence-corrected chi connectivity index (χ3v) is 5.58. The van der Waals surface area contributed by atoms with Crippen LogP contribution in [0.1, 0.15) is 30.0 Å². The number of amides is 1. The highest BCUT2D eigenvalue weighted by molar-refractivity contribution is 7.11. The first kappa shape index (κ1) is 13.2. The van der Waals surface area contributed by atoms with Crippen molar-refractivity contribution in [1.82, 2.24) is 5.32 Å². The molecule has 2 nitrogen and oxygen atoms in total. The first-order valence-corrected chi connectivity index (χ1v) is 7.20. The van der Waals surface area contributed by atoms with Crippen molar-refractivity contribution < 1.29 is 4.79 Å². The topological polar surface area (TPSA) is 29.1 Å². The second kappa shape index (κ2) is 4.45. The summed E-state index contributed by atoms with van der Waals surface area (Å²) < 4.78 is -0.888. The molecule has 1 aliphatic carbocycles. The second-order valence-electron chi connectivity index (χ2n) is 4.62. The molecule has 1 aromatic rings. The largest absolute Gasteiger partial charge is 0.351 e. The van der Waals surface area contributed by atoms with Crippen molar-refractivity contribution >= 4 is 40.4 Å². The lowest BCUT2D eigenvalue weighted by Gasteiger charge is -2.11. The number of hydrogen-bond donors (Lipinski definition) is 1. The molecule has 1 fully saturated rings. The van der Waals surface area contributed by atoms with E-state index >= 15 is 0 Å². The van der Waals surface area contributed by atoms with Gasteiger partial charge in [0.05, 0.1) is 12.0 Å². The average molecular weight is 292 g/mol. The number of carbonyl (C=O) groups is 1. The first-order valence-electron chi connectivity index (χ1n) is 5.63. The molecule has 1 saturated carbocycles. The number of aryl methyl sites for hydroxylation is 1. The van der Waals surface area contributed by atoms with Crippen LogP contribution in [0.25, 0.3) is 0 Å². The third kappa shape index (κ3) is 2.47. The molecule has 94 valence electrons. The average Bonchev–Trinajstić information content (AvgIpc) is 2.68. The van der Waals surface area contributed by atoms with E-state index in [9.17, 15) is 4.79 Å². The summed E-state index contributed by atoms with van der Waals surface area (Å²) >= 11 is 13.6. The van der Waals surface area contributed by atoms with Gasteiger partial charge in [-0.1, -0.05) is 6.92 Å². The van der Waals surface area contributed by atoms with Crippen molar-refractivity contribution in [2.24, 2.45) is 5.41 Å². The van der Waals surface area contributed by atoms with E-state index < -0.39 is 9.75 Å². The molecular weight excluding hydrogens is 277 g/mol. The Morgan fingerprint density at radius 2 is 2.06 bits per heavy atom. The Labute approximate surface area is 115 Å². The summed E-state index contributed by atoms with van der Waals surface area (Å²) in [7, 11) is 0. The molecule has 0 spiro atoms. The highest BCUT2D eigenvalue weighted by atomic mass is 35.5. The Morgan fingerprint density at radius 3 is 2.53 bits per heavy atom. The van der Waals surface area contributed by atoms with Crippen LogP contribution in [0.2, 0.25) is 0 Å². The van der Waals surface area contributed by atoms with Crippen LogP contribution in [0.3, 0.4) is 0 Å². The van der Waals surface area contributed by atoms with Crippen LogP contribution < -0.4 is 5.32 Å². The van der Waals surface area contributed by atoms with E-state index in [1.54, 1.807) is 18.3 Å². The number of thiophene rings is 1. The van der Waals surface area contributed by atoms with Gasteiger partial charge in [-0.15, -0.1) is 34.5 Å². The van der Waals surface area contributed by atoms with Gasteiger partial charge in [0, 0.05) is 9.75 Å². The van der Waals surface area contributed by atoms with E-state index in [1.165, 1.54) is 4.88 Å². The van der Waals surface area contributed by atoms with Gasteiger partial charge in [0.2, 0.25) is 5.91 Å². The van der Waals surface area contributed by atoms with Crippen LogP contribution in [-0.2, 0) is 17.8 Å². The number of nitrogens with one attached hydrogen (secondary N) is 1. The van der Waals surface area contributed by atoms with Gasteiger partial charge in [-0.3, -0.25) is 4.79 Å². The summed E-state index contributed by atoms with van der Waals surface area (Å²) in [5.74, 6) is -0.0612. The van der Waals surface area contributed by atoms with E-state index in [0.29, 0.717) is 13.0 Å². The van der Waals surface area contributed by atoms with Crippen molar-refractivity contribution in [1.29, 1.82) is 0 Å². The Morgan fingerprint density at radius 1 is 1.47 bits per heavy atom. The van der Waals surface area contributed by atoms with E-state index in [0.717, 1.165) is 11.3 Å². The molecule has 1 aromatic heterocycles. The number of halogens is 2. The molecule has 1 amide bonds. The summed E-state index contributed by atoms with van der Waals surface area (Å²) in [6.07, 6.45) is 1.56. The van der Waals surface area contributed by atoms with Gasteiger partial charge in [-0.25, -0.2) is 0 Å². The molecule has 0 saturated heterocycles. The SMILES string of the molecule is CCc1ccc(CNC(=O)[C@]2(C)CC2(Cl)Cl)s1. The second-order valence-corrected chi connectivity index (χ2v) is 7.35. The zero-order valence-corrected chi connectivity index (χ0v) is 12.2. The maximum Gasteiger partial charge on any atom is 0.229 e. The smallest absolute Gasteiger partial charge is 0.229 e. The molecule has 17 heavy (non-hydrogen) atoms. The molecule has 0 bridgehead atoms. The van der Waals surface area contributed by atoms with Gasteiger partial charge in [-0.05, 0) is 31.9 Å². The lowest BCUT2D eigenvalue weighted by Crippen LogP contribution is -2.32. The zero-order valence-electron chi connectivity index (χ0n) is 9.85. The maximum atomic E-state index is 11.9. The minimum atomic E-state index is -0.888. The van der Waals surface area contributed by atoms with Crippen LogP contribution in [-0.4, -0.2) is 10.2 Å². The van der Waals surface area contributed by atoms with Crippen molar-refractivity contribution in [2.75, 3.05) is 0 Å². The summed E-state index contributed by atoms with van der Waals surface area (Å²) in [5.41, 5.74) is -0.624. The molecule has 1 heterocycles. The molecule has 1 aliphatic rings. The number of rotatable bonds is 4. The van der Waals surface area contributed by atoms with Gasteiger partial charge in [0.25, 0.3) is 0 Å². The van der Waals surface area contributed by atoms with E-state index in [2.05, 4.69) is 18.3 Å². The van der Waals surface area contributed by atoms with Crippen molar-refractivity contribution in [2.45, 2.75) is 37.6 Å². The third-order valence-electron chi connectivity index (χ3n) is 3.25. The molecule has 0 aromatic carbocycles. The first-order chi connectivity index (χ1) is 7.89. The van der Waals surface area contributed by atoms with Crippen LogP contribution in [0, 0.1) is 5.41 Å². The highest BCUT2D eigenvalue weighted by Gasteiger charge is 2.67. The summed E-state index contributed by atoms with van der Waals surface area (Å²) in [5, 5.41) is 2.90. The normalized spacial score (nSPS) is 25.6. The van der Waals surface area contributed by atoms with E-state index in [4.69, 9.17) is 23.2 Å². The van der Waals surface area contributed by atoms with Crippen LogP contribution in [0.4, 0.5) is 0 Å². The fraction of sp³-hybridized carbons (Fsp3) is 0.583. The minimum absolute atomic E-state index is 0.0612. The Hall–Kier alpha value is -0.250. The lowest BCUT2D eigenvalue weighted by molar-refractivity contribution is -0.125. The number of hydrogen-bond acceptors (Lipinski definition) is 2. The van der Waals surface area contributed by atoms with Crippen LogP contribution >= 0.6 is 34.5 Å². The number of carbonyl (C=O) groups excluding carboxylic acids is 1. The lowest BCUT2D eigenvalue weighted by atomic mass is 10.1. The van der Waals surface area contributed by atoms with Gasteiger partial charge in [-0.2, -0.15) is 0 Å². The Bertz CT molecular complexity index is 443. The molecular formula is C12H15Cl2NOS. The maximum absolute atomic E-state index is 11.9. The van der Waals surface area contributed by atoms with Crippen LogP contribution in [0.5, 0.6) is 0 Å². The van der Waals surface area contributed by atoms with Gasteiger partial charge >= 0.3 is 0 Å². The zero-order chi connectivity index (χ0) is 12.7. The van der Waals surface area contributed by atoms with Crippen LogP contribution in [0.15, 0.2) is 12.1 Å². The predicted octanol–water partition coefficient (Wildman–Crippen LogP) is 3.51. The fourth-order valence-corrected chi connectivity index (χ4v) is 3.32. The van der Waals surface area contributed by atoms with E-state index in [1.807, 2.05) is 6.07 Å². The monoisotopic (exact) mass is 291 g/mol. The van der Waals surface area contributed by atoms with Crippen molar-refractivity contribution in [3.63, 3.8) is 0 Å². The van der Waals surface area contributed by atoms with Crippen molar-refractivity contribution in [3.05, 3.63) is 21.9 Å². The van der Waals surface area contributed by atoms with Crippen molar-refractivity contribution in [3.8, 4) is 0 Å². The summed E-state index contributed by atoms with van der Waals surface area (Å²) in [6, 6.07) is 4.14. The predicted molar refractivity (Wildman–Crippen MR) is 72.7 cm³/mol.